The van der Waals surface area contributed by atoms with Gasteiger partial charge in [-0.15, -0.1) is 0 Å². The van der Waals surface area contributed by atoms with Crippen LogP contribution in [0.5, 0.6) is 0 Å². The molecule has 0 bridgehead atoms. The first-order valence-corrected chi connectivity index (χ1v) is 7.93. The lowest BCUT2D eigenvalue weighted by Gasteiger charge is -2.10. The van der Waals surface area contributed by atoms with E-state index < -0.39 is 5.97 Å². The van der Waals surface area contributed by atoms with E-state index in [1.165, 1.54) is 7.11 Å². The summed E-state index contributed by atoms with van der Waals surface area (Å²) in [5, 5.41) is 8.23. The molecule has 1 rings (SSSR count). The molecule has 0 heterocycles. The fourth-order valence-electron chi connectivity index (χ4n) is 1.76. The third-order valence-corrected chi connectivity index (χ3v) is 3.14. The fraction of sp³-hybridized carbons (Fsp3) is 0.375. The topological polar surface area (TPSA) is 96.5 Å². The minimum absolute atomic E-state index is 0.00288. The molecule has 0 spiro atoms. The Hall–Kier alpha value is -2.48. The van der Waals surface area contributed by atoms with Crippen LogP contribution in [0.2, 0.25) is 0 Å². The third kappa shape index (κ3) is 7.68. The minimum Gasteiger partial charge on any atom is -0.469 e. The van der Waals surface area contributed by atoms with E-state index in [1.807, 2.05) is 6.92 Å². The van der Waals surface area contributed by atoms with Gasteiger partial charge in [0.2, 0.25) is 11.8 Å². The van der Waals surface area contributed by atoms with Crippen LogP contribution in [0.1, 0.15) is 32.6 Å². The molecule has 0 aliphatic rings. The molecular weight excluding hydrogens is 330 g/mol. The average molecular weight is 351 g/mol. The first-order valence-electron chi connectivity index (χ1n) is 7.52. The zero-order valence-corrected chi connectivity index (χ0v) is 14.5. The monoisotopic (exact) mass is 351 g/mol. The van der Waals surface area contributed by atoms with E-state index in [1.54, 1.807) is 24.3 Å². The summed E-state index contributed by atoms with van der Waals surface area (Å²) < 4.78 is 4.46. The summed E-state index contributed by atoms with van der Waals surface area (Å²) in [6.07, 6.45) is 1.26. The zero-order chi connectivity index (χ0) is 17.9. The highest BCUT2D eigenvalue weighted by atomic mass is 32.1. The van der Waals surface area contributed by atoms with Crippen molar-refractivity contribution in [3.8, 4) is 0 Å². The van der Waals surface area contributed by atoms with Gasteiger partial charge in [-0.05, 0) is 42.9 Å². The first kappa shape index (κ1) is 19.6. The molecule has 0 atom stereocenters. The zero-order valence-electron chi connectivity index (χ0n) is 13.7. The summed E-state index contributed by atoms with van der Waals surface area (Å²) in [6, 6.07) is 6.93. The number of hydrogen-bond acceptors (Lipinski definition) is 5. The molecule has 0 aliphatic carbocycles. The molecule has 2 amide bonds. The summed E-state index contributed by atoms with van der Waals surface area (Å²) in [4.78, 5) is 34.1. The Balaban J connectivity index is 2.42. The normalized spacial score (nSPS) is 9.75. The van der Waals surface area contributed by atoms with Crippen LogP contribution >= 0.6 is 12.2 Å². The van der Waals surface area contributed by atoms with Gasteiger partial charge >= 0.3 is 5.97 Å². The Kier molecular flexibility index (Phi) is 8.42. The maximum absolute atomic E-state index is 11.6. The number of amides is 2. The van der Waals surface area contributed by atoms with Crippen LogP contribution in [-0.4, -0.2) is 30.0 Å². The number of methoxy groups -OCH3 is 1. The predicted molar refractivity (Wildman–Crippen MR) is 95.6 cm³/mol. The van der Waals surface area contributed by atoms with Crippen LogP contribution in [-0.2, 0) is 19.1 Å². The van der Waals surface area contributed by atoms with Gasteiger partial charge in [0, 0.05) is 24.2 Å². The molecule has 24 heavy (non-hydrogen) atoms. The van der Waals surface area contributed by atoms with Gasteiger partial charge in [0.25, 0.3) is 0 Å². The van der Waals surface area contributed by atoms with Crippen molar-refractivity contribution in [3.05, 3.63) is 24.3 Å². The molecule has 0 radical (unpaired) electrons. The van der Waals surface area contributed by atoms with Crippen molar-refractivity contribution in [1.82, 2.24) is 5.32 Å². The van der Waals surface area contributed by atoms with Gasteiger partial charge in [-0.3, -0.25) is 14.4 Å². The SMILES string of the molecule is CCCC(=O)Nc1ccc(NC(=S)NC(=O)CCC(=O)OC)cc1. The third-order valence-electron chi connectivity index (χ3n) is 2.94. The van der Waals surface area contributed by atoms with Gasteiger partial charge in [-0.1, -0.05) is 6.92 Å². The van der Waals surface area contributed by atoms with Gasteiger partial charge in [0.05, 0.1) is 13.5 Å². The van der Waals surface area contributed by atoms with Crippen molar-refractivity contribution in [2.75, 3.05) is 17.7 Å². The van der Waals surface area contributed by atoms with Gasteiger partial charge in [0.15, 0.2) is 5.11 Å². The molecule has 7 nitrogen and oxygen atoms in total. The highest BCUT2D eigenvalue weighted by Gasteiger charge is 2.08. The molecule has 8 heteroatoms. The van der Waals surface area contributed by atoms with E-state index >= 15 is 0 Å². The molecular formula is C16H21N3O4S. The van der Waals surface area contributed by atoms with E-state index in [4.69, 9.17) is 12.2 Å². The largest absolute Gasteiger partial charge is 0.469 e. The Labute approximate surface area is 146 Å². The van der Waals surface area contributed by atoms with E-state index in [9.17, 15) is 14.4 Å². The maximum atomic E-state index is 11.6. The highest BCUT2D eigenvalue weighted by molar-refractivity contribution is 7.80. The fourth-order valence-corrected chi connectivity index (χ4v) is 1.99. The molecule has 0 fully saturated rings. The average Bonchev–Trinajstić information content (AvgIpc) is 2.54. The smallest absolute Gasteiger partial charge is 0.306 e. The molecule has 1 aromatic rings. The van der Waals surface area contributed by atoms with Crippen molar-refractivity contribution in [1.29, 1.82) is 0 Å². The lowest BCUT2D eigenvalue weighted by atomic mass is 10.2. The number of nitrogens with one attached hydrogen (secondary N) is 3. The van der Waals surface area contributed by atoms with Crippen LogP contribution in [0.3, 0.4) is 0 Å². The number of anilines is 2. The van der Waals surface area contributed by atoms with Gasteiger partial charge in [-0.25, -0.2) is 0 Å². The second-order valence-corrected chi connectivity index (χ2v) is 5.36. The number of benzene rings is 1. The van der Waals surface area contributed by atoms with Crippen molar-refractivity contribution in [3.63, 3.8) is 0 Å². The lowest BCUT2D eigenvalue weighted by molar-refractivity contribution is -0.142. The molecule has 130 valence electrons. The summed E-state index contributed by atoms with van der Waals surface area (Å²) in [5.74, 6) is -0.863. The number of carbonyl (C=O) groups excluding carboxylic acids is 3. The van der Waals surface area contributed by atoms with E-state index in [0.717, 1.165) is 6.42 Å². The standard InChI is InChI=1S/C16H21N3O4S/c1-3-4-13(20)17-11-5-7-12(8-6-11)18-16(24)19-14(21)9-10-15(22)23-2/h5-8H,3-4,9-10H2,1-2H3,(H,17,20)(H2,18,19,21,24). The van der Waals surface area contributed by atoms with Crippen LogP contribution in [0.4, 0.5) is 11.4 Å². The van der Waals surface area contributed by atoms with Crippen LogP contribution in [0.15, 0.2) is 24.3 Å². The molecule has 1 aromatic carbocycles. The highest BCUT2D eigenvalue weighted by Crippen LogP contribution is 2.14. The Morgan fingerprint density at radius 2 is 1.54 bits per heavy atom. The van der Waals surface area contributed by atoms with E-state index in [0.29, 0.717) is 17.8 Å². The van der Waals surface area contributed by atoms with Crippen molar-refractivity contribution < 1.29 is 19.1 Å². The summed E-state index contributed by atoms with van der Waals surface area (Å²) in [7, 11) is 1.26. The Morgan fingerprint density at radius 1 is 0.958 bits per heavy atom. The molecule has 0 aliphatic heterocycles. The first-order chi connectivity index (χ1) is 11.4. The molecule has 0 saturated carbocycles. The van der Waals surface area contributed by atoms with Gasteiger partial charge in [-0.2, -0.15) is 0 Å². The summed E-state index contributed by atoms with van der Waals surface area (Å²) in [5.41, 5.74) is 1.36. The van der Waals surface area contributed by atoms with Crippen molar-refractivity contribution in [2.24, 2.45) is 0 Å². The van der Waals surface area contributed by atoms with Crippen LogP contribution in [0, 0.1) is 0 Å². The number of esters is 1. The molecule has 0 saturated heterocycles. The van der Waals surface area contributed by atoms with Crippen LogP contribution in [0.25, 0.3) is 0 Å². The quantitative estimate of drug-likeness (QED) is 0.515. The van der Waals surface area contributed by atoms with Gasteiger partial charge in [0.1, 0.15) is 0 Å². The molecule has 0 unspecified atom stereocenters. The number of rotatable bonds is 7. The van der Waals surface area contributed by atoms with E-state index in [2.05, 4.69) is 20.7 Å². The van der Waals surface area contributed by atoms with E-state index in [-0.39, 0.29) is 29.8 Å². The number of ether oxygens (including phenoxy) is 1. The molecule has 0 aromatic heterocycles. The van der Waals surface area contributed by atoms with Crippen LogP contribution < -0.4 is 16.0 Å². The predicted octanol–water partition coefficient (Wildman–Crippen LogP) is 2.19. The minimum atomic E-state index is -0.454. The molecule has 3 N–H and O–H groups in total. The second-order valence-electron chi connectivity index (χ2n) is 4.95. The van der Waals surface area contributed by atoms with Gasteiger partial charge < -0.3 is 20.7 Å². The van der Waals surface area contributed by atoms with Crippen molar-refractivity contribution in [2.45, 2.75) is 32.6 Å². The Bertz CT molecular complexity index is 602. The summed E-state index contributed by atoms with van der Waals surface area (Å²) >= 11 is 5.03. The maximum Gasteiger partial charge on any atom is 0.306 e. The number of thiocarbonyl (C=S) groups is 1. The number of hydrogen-bond donors (Lipinski definition) is 3. The summed E-state index contributed by atoms with van der Waals surface area (Å²) in [6.45, 7) is 1.94. The number of carbonyl (C=O) groups is 3. The van der Waals surface area contributed by atoms with Crippen molar-refractivity contribution >= 4 is 46.5 Å². The lowest BCUT2D eigenvalue weighted by Crippen LogP contribution is -2.34. The second kappa shape index (κ2) is 10.3. The Morgan fingerprint density at radius 3 is 2.08 bits per heavy atom.